The average molecular weight is 174 g/mol. The Labute approximate surface area is 76.5 Å². The van der Waals surface area contributed by atoms with Crippen LogP contribution in [0, 0.1) is 0 Å². The van der Waals surface area contributed by atoms with Crippen LogP contribution in [0.1, 0.15) is 5.56 Å². The van der Waals surface area contributed by atoms with Crippen molar-refractivity contribution in [2.75, 3.05) is 0 Å². The molecule has 0 aliphatic carbocycles. The fourth-order valence-electron chi connectivity index (χ4n) is 1.01. The second kappa shape index (κ2) is 3.73. The number of hydrazone groups is 1. The molecular formula is C9H10N4. The predicted octanol–water partition coefficient (Wildman–Crippen LogP) is 0.925. The van der Waals surface area contributed by atoms with Gasteiger partial charge in [-0.1, -0.05) is 30.3 Å². The second-order valence-electron chi connectivity index (χ2n) is 2.60. The first kappa shape index (κ1) is 7.82. The zero-order chi connectivity index (χ0) is 8.93. The molecule has 13 heavy (non-hydrogen) atoms. The van der Waals surface area contributed by atoms with Crippen LogP contribution >= 0.6 is 0 Å². The van der Waals surface area contributed by atoms with E-state index in [1.165, 1.54) is 0 Å². The Bertz CT molecular complexity index is 318. The molecule has 4 heteroatoms. The van der Waals surface area contributed by atoms with Crippen LogP contribution in [-0.4, -0.2) is 11.3 Å². The molecule has 2 N–H and O–H groups in total. The van der Waals surface area contributed by atoms with Crippen molar-refractivity contribution in [3.63, 3.8) is 0 Å². The van der Waals surface area contributed by atoms with Gasteiger partial charge in [-0.2, -0.15) is 5.10 Å². The Hall–Kier alpha value is -1.81. The Morgan fingerprint density at radius 1 is 1.23 bits per heavy atom. The summed E-state index contributed by atoms with van der Waals surface area (Å²) < 4.78 is 0. The third-order valence-electron chi connectivity index (χ3n) is 1.65. The molecule has 4 nitrogen and oxygen atoms in total. The maximum absolute atomic E-state index is 3.77. The zero-order valence-electron chi connectivity index (χ0n) is 7.01. The van der Waals surface area contributed by atoms with E-state index in [2.05, 4.69) is 16.2 Å². The Morgan fingerprint density at radius 2 is 2.08 bits per heavy atom. The SMILES string of the molecule is C1=NNNN1/C=C/c1ccccc1. The number of hydrogen-bond donors (Lipinski definition) is 2. The maximum atomic E-state index is 3.77. The third-order valence-corrected chi connectivity index (χ3v) is 1.65. The van der Waals surface area contributed by atoms with Gasteiger partial charge in [-0.05, 0) is 11.6 Å². The van der Waals surface area contributed by atoms with Gasteiger partial charge in [-0.15, -0.1) is 5.53 Å². The molecule has 0 unspecified atom stereocenters. The van der Waals surface area contributed by atoms with Gasteiger partial charge in [0.25, 0.3) is 0 Å². The van der Waals surface area contributed by atoms with Gasteiger partial charge in [-0.25, -0.2) is 5.53 Å². The first-order valence-electron chi connectivity index (χ1n) is 4.00. The van der Waals surface area contributed by atoms with Crippen LogP contribution < -0.4 is 11.1 Å². The van der Waals surface area contributed by atoms with Gasteiger partial charge in [0.1, 0.15) is 6.34 Å². The molecule has 66 valence electrons. The standard InChI is InChI=1S/C9H10N4/c1-2-4-9(5-3-1)6-7-13-8-10-11-12-13/h1-8,11-12H/b7-6+. The topological polar surface area (TPSA) is 39.7 Å². The van der Waals surface area contributed by atoms with Crippen LogP contribution in [-0.2, 0) is 0 Å². The molecule has 1 heterocycles. The van der Waals surface area contributed by atoms with Gasteiger partial charge in [0.2, 0.25) is 0 Å². The van der Waals surface area contributed by atoms with E-state index in [4.69, 9.17) is 0 Å². The summed E-state index contributed by atoms with van der Waals surface area (Å²) in [6.07, 6.45) is 5.53. The minimum absolute atomic E-state index is 1.16. The summed E-state index contributed by atoms with van der Waals surface area (Å²) in [6.45, 7) is 0. The van der Waals surface area contributed by atoms with Crippen LogP contribution in [0.25, 0.3) is 6.08 Å². The molecule has 0 saturated carbocycles. The van der Waals surface area contributed by atoms with Crippen LogP contribution in [0.3, 0.4) is 0 Å². The summed E-state index contributed by atoms with van der Waals surface area (Å²) in [6, 6.07) is 10.1. The van der Waals surface area contributed by atoms with Crippen molar-refractivity contribution in [3.8, 4) is 0 Å². The number of hydrazine groups is 2. The quantitative estimate of drug-likeness (QED) is 0.700. The zero-order valence-corrected chi connectivity index (χ0v) is 7.01. The van der Waals surface area contributed by atoms with Gasteiger partial charge in [0.05, 0.1) is 0 Å². The third kappa shape index (κ3) is 2.07. The number of rotatable bonds is 2. The Morgan fingerprint density at radius 3 is 2.77 bits per heavy atom. The monoisotopic (exact) mass is 174 g/mol. The summed E-state index contributed by atoms with van der Waals surface area (Å²) in [5.74, 6) is 0. The molecule has 0 saturated heterocycles. The molecular weight excluding hydrogens is 164 g/mol. The molecule has 2 rings (SSSR count). The molecule has 0 fully saturated rings. The fourth-order valence-corrected chi connectivity index (χ4v) is 1.01. The van der Waals surface area contributed by atoms with Crippen molar-refractivity contribution in [2.24, 2.45) is 5.10 Å². The van der Waals surface area contributed by atoms with E-state index in [0.717, 1.165) is 5.56 Å². The van der Waals surface area contributed by atoms with Crippen molar-refractivity contribution >= 4 is 12.4 Å². The van der Waals surface area contributed by atoms with Gasteiger partial charge < -0.3 is 0 Å². The molecule has 0 bridgehead atoms. The van der Waals surface area contributed by atoms with Crippen molar-refractivity contribution < 1.29 is 0 Å². The molecule has 1 aromatic rings. The van der Waals surface area contributed by atoms with Crippen LogP contribution in [0.5, 0.6) is 0 Å². The van der Waals surface area contributed by atoms with E-state index in [1.807, 2.05) is 42.6 Å². The summed E-state index contributed by atoms with van der Waals surface area (Å²) in [5, 5.41) is 5.49. The molecule has 0 amide bonds. The minimum atomic E-state index is 1.16. The number of hydrogen-bond acceptors (Lipinski definition) is 4. The summed E-state index contributed by atoms with van der Waals surface area (Å²) >= 11 is 0. The summed E-state index contributed by atoms with van der Waals surface area (Å²) in [5.41, 5.74) is 6.56. The van der Waals surface area contributed by atoms with Crippen molar-refractivity contribution in [3.05, 3.63) is 42.1 Å². The number of benzene rings is 1. The first-order valence-corrected chi connectivity index (χ1v) is 4.00. The summed E-state index contributed by atoms with van der Waals surface area (Å²) in [7, 11) is 0. The van der Waals surface area contributed by atoms with E-state index >= 15 is 0 Å². The van der Waals surface area contributed by atoms with Crippen LogP contribution in [0.4, 0.5) is 0 Å². The minimum Gasteiger partial charge on any atom is -0.252 e. The van der Waals surface area contributed by atoms with Crippen molar-refractivity contribution in [2.45, 2.75) is 0 Å². The van der Waals surface area contributed by atoms with E-state index in [0.29, 0.717) is 0 Å². The maximum Gasteiger partial charge on any atom is 0.132 e. The highest BCUT2D eigenvalue weighted by Crippen LogP contribution is 2.01. The predicted molar refractivity (Wildman–Crippen MR) is 52.1 cm³/mol. The Balaban J connectivity index is 2.01. The molecule has 0 atom stereocenters. The lowest BCUT2D eigenvalue weighted by Gasteiger charge is -2.05. The van der Waals surface area contributed by atoms with E-state index in [1.54, 1.807) is 11.3 Å². The molecule has 1 aliphatic heterocycles. The smallest absolute Gasteiger partial charge is 0.132 e. The number of nitrogens with zero attached hydrogens (tertiary/aromatic N) is 2. The average Bonchev–Trinajstić information content (AvgIpc) is 2.69. The van der Waals surface area contributed by atoms with Gasteiger partial charge in [0.15, 0.2) is 0 Å². The lowest BCUT2D eigenvalue weighted by molar-refractivity contribution is 0.389. The molecule has 1 aliphatic rings. The lowest BCUT2D eigenvalue weighted by Crippen LogP contribution is -2.32. The first-order chi connectivity index (χ1) is 6.45. The molecule has 0 radical (unpaired) electrons. The highest BCUT2D eigenvalue weighted by atomic mass is 15.8. The molecule has 0 spiro atoms. The normalized spacial score (nSPS) is 15.2. The highest BCUT2D eigenvalue weighted by Gasteiger charge is 1.96. The largest absolute Gasteiger partial charge is 0.252 e. The highest BCUT2D eigenvalue weighted by molar-refractivity contribution is 5.60. The van der Waals surface area contributed by atoms with E-state index in [-0.39, 0.29) is 0 Å². The van der Waals surface area contributed by atoms with Gasteiger partial charge in [0, 0.05) is 6.20 Å². The van der Waals surface area contributed by atoms with E-state index < -0.39 is 0 Å². The second-order valence-corrected chi connectivity index (χ2v) is 2.60. The molecule has 1 aromatic carbocycles. The number of nitrogens with one attached hydrogen (secondary N) is 2. The lowest BCUT2D eigenvalue weighted by atomic mass is 10.2. The van der Waals surface area contributed by atoms with E-state index in [9.17, 15) is 0 Å². The summed E-state index contributed by atoms with van der Waals surface area (Å²) in [4.78, 5) is 0. The molecule has 0 aromatic heterocycles. The fraction of sp³-hybridized carbons (Fsp3) is 0. The van der Waals surface area contributed by atoms with Crippen LogP contribution in [0.2, 0.25) is 0 Å². The van der Waals surface area contributed by atoms with Crippen molar-refractivity contribution in [1.82, 2.24) is 16.1 Å². The van der Waals surface area contributed by atoms with Gasteiger partial charge >= 0.3 is 0 Å². The Kier molecular flexibility index (Phi) is 2.24. The van der Waals surface area contributed by atoms with Crippen LogP contribution in [0.15, 0.2) is 41.6 Å². The van der Waals surface area contributed by atoms with Crippen molar-refractivity contribution in [1.29, 1.82) is 0 Å². The van der Waals surface area contributed by atoms with Gasteiger partial charge in [-0.3, -0.25) is 5.01 Å².